The molecule has 0 aliphatic heterocycles. The quantitative estimate of drug-likeness (QED) is 0.132. The van der Waals surface area contributed by atoms with E-state index in [2.05, 4.69) is 18.1 Å². The van der Waals surface area contributed by atoms with Crippen LogP contribution in [-0.4, -0.2) is 101 Å². The minimum absolute atomic E-state index is 1.06. The van der Waals surface area contributed by atoms with Crippen molar-refractivity contribution in [3.05, 3.63) is 0 Å². The number of phosphoric acid groups is 3. The summed E-state index contributed by atoms with van der Waals surface area (Å²) in [4.78, 5) is 55.9. The number of carbonyl (C=O) groups excluding carboxylic acids is 1. The summed E-state index contributed by atoms with van der Waals surface area (Å²) < 4.78 is 50.7. The number of ketones is 1. The zero-order valence-electron chi connectivity index (χ0n) is 14.0. The molecular weight excluding hydrogens is 473 g/mol. The lowest BCUT2D eigenvalue weighted by Gasteiger charge is -2.44. The minimum atomic E-state index is -5.50. The van der Waals surface area contributed by atoms with Crippen molar-refractivity contribution in [1.82, 2.24) is 0 Å². The second-order valence-electron chi connectivity index (χ2n) is 5.60. The maximum atomic E-state index is 11.8. The Morgan fingerprint density at radius 2 is 1.14 bits per heavy atom. The average molecular weight is 492 g/mol. The van der Waals surface area contributed by atoms with Crippen LogP contribution < -0.4 is 0 Å². The summed E-state index contributed by atoms with van der Waals surface area (Å²) in [5.74, 6) is -1.06. The van der Waals surface area contributed by atoms with Crippen LogP contribution in [0.25, 0.3) is 0 Å². The number of carbonyl (C=O) groups is 1. The first kappa shape index (κ1) is 26.9. The number of Topliss-reactive ketones (excluding diaryl/α,β-unsaturated/α-hetero) is 1. The van der Waals surface area contributed by atoms with Crippen LogP contribution in [0.2, 0.25) is 0 Å². The molecule has 17 nitrogen and oxygen atoms in total. The number of aliphatic hydroxyl groups is 4. The van der Waals surface area contributed by atoms with E-state index in [0.717, 1.165) is 0 Å². The smallest absolute Gasteiger partial charge is 0.388 e. The van der Waals surface area contributed by atoms with Gasteiger partial charge in [-0.3, -0.25) is 22.9 Å². The Balaban J connectivity index is 3.15. The van der Waals surface area contributed by atoms with Crippen molar-refractivity contribution in [2.24, 2.45) is 0 Å². The molecule has 0 amide bonds. The van der Waals surface area contributed by atoms with Crippen LogP contribution in [0.4, 0.5) is 0 Å². The zero-order chi connectivity index (χ0) is 22.8. The summed E-state index contributed by atoms with van der Waals surface area (Å²) in [7, 11) is -16.2. The van der Waals surface area contributed by atoms with Gasteiger partial charge in [0.2, 0.25) is 0 Å². The highest BCUT2D eigenvalue weighted by atomic mass is 31.2. The molecule has 0 heterocycles. The topological polar surface area (TPSA) is 287 Å². The molecule has 1 aliphatic rings. The van der Waals surface area contributed by atoms with E-state index in [9.17, 15) is 38.7 Å². The van der Waals surface area contributed by atoms with E-state index in [-0.39, 0.29) is 0 Å². The lowest BCUT2D eigenvalue weighted by Crippen LogP contribution is -2.65. The largest absolute Gasteiger partial charge is 0.473 e. The Labute approximate surface area is 161 Å². The Bertz CT molecular complexity index is 713. The minimum Gasteiger partial charge on any atom is -0.388 e. The second-order valence-corrected chi connectivity index (χ2v) is 9.39. The van der Waals surface area contributed by atoms with Crippen molar-refractivity contribution in [3.8, 4) is 0 Å². The van der Waals surface area contributed by atoms with Crippen molar-refractivity contribution >= 4 is 29.3 Å². The maximum Gasteiger partial charge on any atom is 0.473 e. The fraction of sp³-hybridized carbons (Fsp3) is 0.889. The van der Waals surface area contributed by atoms with Gasteiger partial charge in [0, 0.05) is 0 Å². The summed E-state index contributed by atoms with van der Waals surface area (Å²) in [6.45, 7) is -2.20. The van der Waals surface area contributed by atoms with Crippen molar-refractivity contribution < 1.29 is 81.5 Å². The number of hydrogen-bond acceptors (Lipinski definition) is 12. The van der Waals surface area contributed by atoms with Crippen LogP contribution in [0.3, 0.4) is 0 Å². The third-order valence-corrected chi connectivity index (χ3v) is 5.36. The Kier molecular flexibility index (Phi) is 9.24. The van der Waals surface area contributed by atoms with E-state index in [4.69, 9.17) is 24.7 Å². The van der Waals surface area contributed by atoms with Crippen molar-refractivity contribution in [3.63, 3.8) is 0 Å². The van der Waals surface area contributed by atoms with Crippen LogP contribution in [0, 0.1) is 0 Å². The highest BCUT2D eigenvalue weighted by Crippen LogP contribution is 2.50. The summed E-state index contributed by atoms with van der Waals surface area (Å²) in [6, 6.07) is 0. The van der Waals surface area contributed by atoms with Gasteiger partial charge in [0.1, 0.15) is 49.8 Å². The molecule has 7 atom stereocenters. The molecule has 29 heavy (non-hydrogen) atoms. The molecule has 0 radical (unpaired) electrons. The third kappa shape index (κ3) is 8.47. The van der Waals surface area contributed by atoms with Gasteiger partial charge in [-0.25, -0.2) is 13.7 Å². The lowest BCUT2D eigenvalue weighted by atomic mass is 9.85. The van der Waals surface area contributed by atoms with E-state index in [1.165, 1.54) is 0 Å². The van der Waals surface area contributed by atoms with Crippen molar-refractivity contribution in [2.75, 3.05) is 13.2 Å². The number of phosphoric ester groups is 3. The highest BCUT2D eigenvalue weighted by Gasteiger charge is 2.56. The van der Waals surface area contributed by atoms with Gasteiger partial charge in [0.25, 0.3) is 0 Å². The van der Waals surface area contributed by atoms with E-state index < -0.39 is 79.1 Å². The first-order valence-electron chi connectivity index (χ1n) is 7.28. The molecule has 9 N–H and O–H groups in total. The molecule has 0 aromatic carbocycles. The first-order valence-corrected chi connectivity index (χ1v) is 11.8. The number of hydrogen-bond donors (Lipinski definition) is 9. The summed E-state index contributed by atoms with van der Waals surface area (Å²) in [5.41, 5.74) is 0. The number of aliphatic hydroxyl groups excluding tert-OH is 4. The molecule has 1 rings (SSSR count). The fourth-order valence-electron chi connectivity index (χ4n) is 2.24. The fourth-order valence-corrected chi connectivity index (χ4v) is 4.28. The molecular formula is C9H19O17P3. The SMILES string of the molecule is O=C(CO)COP(=O)(O)OC1C(O)C(O)C(OP(=O)(O)O)C(OP(=O)(O)O)C1O. The molecule has 0 aromatic rings. The van der Waals surface area contributed by atoms with Crippen LogP contribution in [0.1, 0.15) is 0 Å². The molecule has 20 heteroatoms. The molecule has 1 saturated carbocycles. The van der Waals surface area contributed by atoms with Gasteiger partial charge in [0.15, 0.2) is 5.78 Å². The zero-order valence-corrected chi connectivity index (χ0v) is 16.7. The average Bonchev–Trinajstić information content (AvgIpc) is 2.56. The molecule has 172 valence electrons. The Hall–Kier alpha value is -0.160. The van der Waals surface area contributed by atoms with Crippen molar-refractivity contribution in [2.45, 2.75) is 36.6 Å². The normalized spacial score (nSPS) is 33.3. The number of rotatable bonds is 10. The monoisotopic (exact) mass is 492 g/mol. The lowest BCUT2D eigenvalue weighted by molar-refractivity contribution is -0.212. The van der Waals surface area contributed by atoms with Crippen LogP contribution in [0.15, 0.2) is 0 Å². The maximum absolute atomic E-state index is 11.8. The molecule has 0 saturated heterocycles. The molecule has 1 aliphatic carbocycles. The van der Waals surface area contributed by atoms with Crippen LogP contribution in [-0.2, 0) is 36.6 Å². The summed E-state index contributed by atoms with van der Waals surface area (Å²) >= 11 is 0. The van der Waals surface area contributed by atoms with Gasteiger partial charge in [-0.15, -0.1) is 0 Å². The van der Waals surface area contributed by atoms with Crippen LogP contribution >= 0.6 is 23.5 Å². The van der Waals surface area contributed by atoms with Gasteiger partial charge in [-0.05, 0) is 0 Å². The highest BCUT2D eigenvalue weighted by molar-refractivity contribution is 7.47. The predicted molar refractivity (Wildman–Crippen MR) is 84.6 cm³/mol. The molecule has 0 bridgehead atoms. The second kappa shape index (κ2) is 9.97. The van der Waals surface area contributed by atoms with Gasteiger partial charge >= 0.3 is 23.5 Å². The first-order chi connectivity index (χ1) is 13.0. The summed E-state index contributed by atoms with van der Waals surface area (Å²) in [5, 5.41) is 38.6. The van der Waals surface area contributed by atoms with Gasteiger partial charge in [0.05, 0.1) is 0 Å². The van der Waals surface area contributed by atoms with Gasteiger partial charge < -0.3 is 44.9 Å². The Morgan fingerprint density at radius 3 is 1.55 bits per heavy atom. The Morgan fingerprint density at radius 1 is 0.724 bits per heavy atom. The summed E-state index contributed by atoms with van der Waals surface area (Å²) in [6.07, 6.45) is -14.7. The standard InChI is InChI=1S/C9H19O17P3/c10-1-3(11)2-23-29(21,22)26-7-4(12)5(13)8(24-27(15,16)17)9(6(7)14)25-28(18,19)20/h4-10,12-14H,1-2H2,(H,21,22)(H2,15,16,17)(H2,18,19,20). The van der Waals surface area contributed by atoms with E-state index in [1.807, 2.05) is 0 Å². The van der Waals surface area contributed by atoms with E-state index in [1.54, 1.807) is 0 Å². The van der Waals surface area contributed by atoms with Crippen molar-refractivity contribution in [1.29, 1.82) is 0 Å². The molecule has 0 spiro atoms. The van der Waals surface area contributed by atoms with Gasteiger partial charge in [-0.1, -0.05) is 0 Å². The molecule has 0 aromatic heterocycles. The van der Waals surface area contributed by atoms with Crippen LogP contribution in [0.5, 0.6) is 0 Å². The molecule has 7 unspecified atom stereocenters. The van der Waals surface area contributed by atoms with E-state index in [0.29, 0.717) is 0 Å². The van der Waals surface area contributed by atoms with Gasteiger partial charge in [-0.2, -0.15) is 0 Å². The third-order valence-electron chi connectivity index (χ3n) is 3.36. The van der Waals surface area contributed by atoms with E-state index >= 15 is 0 Å². The molecule has 1 fully saturated rings. The predicted octanol–water partition coefficient (Wildman–Crippen LogP) is -3.90.